The Labute approximate surface area is 247 Å². The minimum atomic E-state index is -4.12. The van der Waals surface area contributed by atoms with E-state index in [1.54, 1.807) is 61.5 Å². The zero-order valence-electron chi connectivity index (χ0n) is 23.2. The van der Waals surface area contributed by atoms with Gasteiger partial charge in [0.15, 0.2) is 0 Å². The average molecular weight is 605 g/mol. The van der Waals surface area contributed by atoms with Gasteiger partial charge in [-0.05, 0) is 69.2 Å². The summed E-state index contributed by atoms with van der Waals surface area (Å²) in [5.41, 5.74) is 2.77. The van der Waals surface area contributed by atoms with Crippen LogP contribution in [0.2, 0.25) is 10.0 Å². The fourth-order valence-corrected chi connectivity index (χ4v) is 5.91. The van der Waals surface area contributed by atoms with Crippen molar-refractivity contribution in [2.45, 2.75) is 58.0 Å². The van der Waals surface area contributed by atoms with E-state index >= 15 is 0 Å². The Bertz CT molecular complexity index is 1430. The molecule has 214 valence electrons. The lowest BCUT2D eigenvalue weighted by atomic mass is 10.1. The van der Waals surface area contributed by atoms with Crippen molar-refractivity contribution in [3.63, 3.8) is 0 Å². The molecule has 0 fully saturated rings. The van der Waals surface area contributed by atoms with Gasteiger partial charge in [-0.25, -0.2) is 8.42 Å². The fraction of sp³-hybridized carbons (Fsp3) is 0.333. The van der Waals surface area contributed by atoms with Crippen molar-refractivity contribution in [2.24, 2.45) is 0 Å². The van der Waals surface area contributed by atoms with Crippen LogP contribution < -0.4 is 9.62 Å². The summed E-state index contributed by atoms with van der Waals surface area (Å²) in [4.78, 5) is 28.4. The summed E-state index contributed by atoms with van der Waals surface area (Å²) in [6.45, 7) is 7.34. The standard InChI is InChI=1S/C30H35Cl2N3O4S/c1-5-6-17-33-30(37)23(4)34(19-24-11-12-25(31)18-28(24)32)29(36)20-35(26-13-7-21(2)8-14-26)40(38,39)27-15-9-22(3)10-16-27/h7-16,18,23H,5-6,17,19-20H2,1-4H3,(H,33,37)/t23-/m1/s1. The Morgan fingerprint density at radius 2 is 1.52 bits per heavy atom. The van der Waals surface area contributed by atoms with Crippen LogP contribution in [0.4, 0.5) is 5.69 Å². The van der Waals surface area contributed by atoms with E-state index in [9.17, 15) is 18.0 Å². The fourth-order valence-electron chi connectivity index (χ4n) is 4.03. The summed E-state index contributed by atoms with van der Waals surface area (Å²) in [6, 6.07) is 17.4. The van der Waals surface area contributed by atoms with E-state index in [1.165, 1.54) is 17.0 Å². The lowest BCUT2D eigenvalue weighted by molar-refractivity contribution is -0.139. The third kappa shape index (κ3) is 7.99. The van der Waals surface area contributed by atoms with Gasteiger partial charge >= 0.3 is 0 Å². The van der Waals surface area contributed by atoms with Gasteiger partial charge in [0.2, 0.25) is 11.8 Å². The summed E-state index contributed by atoms with van der Waals surface area (Å²) in [6.07, 6.45) is 1.70. The molecule has 3 aromatic carbocycles. The van der Waals surface area contributed by atoms with Gasteiger partial charge in [-0.15, -0.1) is 0 Å². The van der Waals surface area contributed by atoms with E-state index in [0.29, 0.717) is 27.8 Å². The summed E-state index contributed by atoms with van der Waals surface area (Å²) in [7, 11) is -4.12. The molecule has 40 heavy (non-hydrogen) atoms. The molecule has 0 aromatic heterocycles. The SMILES string of the molecule is CCCCNC(=O)[C@@H](C)N(Cc1ccc(Cl)cc1Cl)C(=O)CN(c1ccc(C)cc1)S(=O)(=O)c1ccc(C)cc1. The molecule has 0 saturated heterocycles. The first kappa shape index (κ1) is 31.5. The highest BCUT2D eigenvalue weighted by molar-refractivity contribution is 7.92. The molecular formula is C30H35Cl2N3O4S. The number of carbonyl (C=O) groups is 2. The number of halogens is 2. The average Bonchev–Trinajstić information content (AvgIpc) is 2.91. The molecule has 0 radical (unpaired) electrons. The highest BCUT2D eigenvalue weighted by Crippen LogP contribution is 2.27. The third-order valence-corrected chi connectivity index (χ3v) is 8.94. The van der Waals surface area contributed by atoms with Crippen LogP contribution in [-0.4, -0.2) is 44.3 Å². The van der Waals surface area contributed by atoms with Gasteiger partial charge < -0.3 is 10.2 Å². The molecule has 0 unspecified atom stereocenters. The van der Waals surface area contributed by atoms with Gasteiger partial charge in [-0.1, -0.05) is 78.0 Å². The Balaban J connectivity index is 2.01. The first-order valence-electron chi connectivity index (χ1n) is 13.1. The highest BCUT2D eigenvalue weighted by atomic mass is 35.5. The van der Waals surface area contributed by atoms with Gasteiger partial charge in [0.1, 0.15) is 12.6 Å². The predicted molar refractivity (Wildman–Crippen MR) is 161 cm³/mol. The number of hydrogen-bond donors (Lipinski definition) is 1. The van der Waals surface area contributed by atoms with Gasteiger partial charge in [0.05, 0.1) is 10.6 Å². The molecular weight excluding hydrogens is 569 g/mol. The molecule has 0 spiro atoms. The van der Waals surface area contributed by atoms with Crippen LogP contribution in [0.1, 0.15) is 43.4 Å². The number of hydrogen-bond acceptors (Lipinski definition) is 4. The Morgan fingerprint density at radius 1 is 0.925 bits per heavy atom. The Morgan fingerprint density at radius 3 is 2.10 bits per heavy atom. The maximum Gasteiger partial charge on any atom is 0.264 e. The number of nitrogens with one attached hydrogen (secondary N) is 1. The molecule has 2 amide bonds. The largest absolute Gasteiger partial charge is 0.354 e. The summed E-state index contributed by atoms with van der Waals surface area (Å²) in [5.74, 6) is -0.893. The quantitative estimate of drug-likeness (QED) is 0.252. The minimum Gasteiger partial charge on any atom is -0.354 e. The zero-order valence-corrected chi connectivity index (χ0v) is 25.5. The molecule has 0 aliphatic heterocycles. The number of benzene rings is 3. The molecule has 3 aromatic rings. The van der Waals surface area contributed by atoms with Crippen molar-refractivity contribution >= 4 is 50.7 Å². The van der Waals surface area contributed by atoms with E-state index in [4.69, 9.17) is 23.2 Å². The van der Waals surface area contributed by atoms with E-state index in [1.807, 2.05) is 20.8 Å². The first-order valence-corrected chi connectivity index (χ1v) is 15.3. The summed E-state index contributed by atoms with van der Waals surface area (Å²) >= 11 is 12.5. The van der Waals surface area contributed by atoms with E-state index in [0.717, 1.165) is 28.3 Å². The molecule has 3 rings (SSSR count). The van der Waals surface area contributed by atoms with Crippen molar-refractivity contribution in [2.75, 3.05) is 17.4 Å². The molecule has 1 N–H and O–H groups in total. The van der Waals surface area contributed by atoms with Crippen molar-refractivity contribution in [3.8, 4) is 0 Å². The summed E-state index contributed by atoms with van der Waals surface area (Å²) in [5, 5.41) is 3.64. The number of anilines is 1. The van der Waals surface area contributed by atoms with Gasteiger partial charge in [0.25, 0.3) is 10.0 Å². The van der Waals surface area contributed by atoms with Crippen LogP contribution in [0, 0.1) is 13.8 Å². The van der Waals surface area contributed by atoms with Crippen LogP contribution in [0.15, 0.2) is 71.6 Å². The van der Waals surface area contributed by atoms with E-state index < -0.39 is 28.5 Å². The molecule has 0 aliphatic rings. The van der Waals surface area contributed by atoms with Crippen LogP contribution in [0.5, 0.6) is 0 Å². The Kier molecular flexibility index (Phi) is 11.0. The lowest BCUT2D eigenvalue weighted by Gasteiger charge is -2.32. The number of aryl methyl sites for hydroxylation is 2. The predicted octanol–water partition coefficient (Wildman–Crippen LogP) is 6.14. The molecule has 0 bridgehead atoms. The van der Waals surface area contributed by atoms with Crippen LogP contribution in [-0.2, 0) is 26.2 Å². The number of sulfonamides is 1. The van der Waals surface area contributed by atoms with Crippen molar-refractivity contribution in [1.29, 1.82) is 0 Å². The maximum absolute atomic E-state index is 14.0. The molecule has 0 heterocycles. The molecule has 7 nitrogen and oxygen atoms in total. The number of nitrogens with zero attached hydrogens (tertiary/aromatic N) is 2. The normalized spacial score (nSPS) is 12.1. The van der Waals surface area contributed by atoms with Crippen molar-refractivity contribution in [1.82, 2.24) is 10.2 Å². The number of unbranched alkanes of at least 4 members (excludes halogenated alkanes) is 1. The van der Waals surface area contributed by atoms with Gasteiger partial charge in [-0.3, -0.25) is 13.9 Å². The summed E-state index contributed by atoms with van der Waals surface area (Å²) < 4.78 is 28.8. The number of rotatable bonds is 12. The highest BCUT2D eigenvalue weighted by Gasteiger charge is 2.32. The smallest absolute Gasteiger partial charge is 0.264 e. The topological polar surface area (TPSA) is 86.8 Å². The zero-order chi connectivity index (χ0) is 29.4. The minimum absolute atomic E-state index is 0.0104. The van der Waals surface area contributed by atoms with E-state index in [-0.39, 0.29) is 17.3 Å². The third-order valence-electron chi connectivity index (χ3n) is 6.56. The second-order valence-electron chi connectivity index (χ2n) is 9.74. The van der Waals surface area contributed by atoms with Crippen LogP contribution in [0.3, 0.4) is 0 Å². The van der Waals surface area contributed by atoms with Crippen LogP contribution in [0.25, 0.3) is 0 Å². The maximum atomic E-state index is 14.0. The second-order valence-corrected chi connectivity index (χ2v) is 12.4. The number of carbonyl (C=O) groups excluding carboxylic acids is 2. The first-order chi connectivity index (χ1) is 18.9. The van der Waals surface area contributed by atoms with Gasteiger partial charge in [0, 0.05) is 23.1 Å². The molecule has 0 saturated carbocycles. The van der Waals surface area contributed by atoms with Gasteiger partial charge in [-0.2, -0.15) is 0 Å². The molecule has 10 heteroatoms. The molecule has 0 aliphatic carbocycles. The monoisotopic (exact) mass is 603 g/mol. The Hall–Kier alpha value is -3.07. The van der Waals surface area contributed by atoms with Crippen molar-refractivity contribution < 1.29 is 18.0 Å². The van der Waals surface area contributed by atoms with Crippen molar-refractivity contribution in [3.05, 3.63) is 93.5 Å². The number of amides is 2. The molecule has 1 atom stereocenters. The second kappa shape index (κ2) is 14.0. The lowest BCUT2D eigenvalue weighted by Crippen LogP contribution is -2.51. The van der Waals surface area contributed by atoms with Crippen LogP contribution >= 0.6 is 23.2 Å². The van der Waals surface area contributed by atoms with E-state index in [2.05, 4.69) is 5.32 Å².